The number of hydrogen-bond donors (Lipinski definition) is 0. The fourth-order valence-electron chi connectivity index (χ4n) is 1.27. The first-order valence-corrected chi connectivity index (χ1v) is 9.45. The van der Waals surface area contributed by atoms with Crippen LogP contribution >= 0.6 is 32.7 Å². The monoisotopic (exact) mass is 321 g/mol. The van der Waals surface area contributed by atoms with Gasteiger partial charge in [0.15, 0.2) is 0 Å². The molecule has 1 rings (SSSR count). The van der Waals surface area contributed by atoms with Gasteiger partial charge in [-0.25, -0.2) is 0 Å². The molecule has 0 amide bonds. The van der Waals surface area contributed by atoms with Crippen molar-refractivity contribution in [2.24, 2.45) is 0 Å². The summed E-state index contributed by atoms with van der Waals surface area (Å²) in [5.74, 6) is 0. The Kier molecular flexibility index (Phi) is 22.4. The van der Waals surface area contributed by atoms with Gasteiger partial charge in [0.25, 0.3) is 0 Å². The Morgan fingerprint density at radius 2 is 1.62 bits per heavy atom. The number of allylic oxidation sites excluding steroid dienone is 4. The van der Waals surface area contributed by atoms with Gasteiger partial charge in [-0.1, -0.05) is 20.8 Å². The molecule has 0 N–H and O–H groups in total. The van der Waals surface area contributed by atoms with Crippen LogP contribution in [0, 0.1) is 0 Å². The Labute approximate surface area is 122 Å². The summed E-state index contributed by atoms with van der Waals surface area (Å²) in [5.41, 5.74) is 2.29. The van der Waals surface area contributed by atoms with Crippen molar-refractivity contribution in [3.05, 3.63) is 22.5 Å². The van der Waals surface area contributed by atoms with Crippen molar-refractivity contribution in [1.82, 2.24) is 0 Å². The van der Waals surface area contributed by atoms with E-state index in [0.29, 0.717) is 24.2 Å². The third-order valence-electron chi connectivity index (χ3n) is 2.38. The first-order chi connectivity index (χ1) is 6.78. The molecule has 0 aromatic heterocycles. The summed E-state index contributed by atoms with van der Waals surface area (Å²) >= 11 is 0.523. The van der Waals surface area contributed by atoms with Crippen LogP contribution in [0.1, 0.15) is 27.2 Å². The van der Waals surface area contributed by atoms with Crippen LogP contribution < -0.4 is 0 Å². The summed E-state index contributed by atoms with van der Waals surface area (Å²) in [6, 6.07) is 0. The molecule has 0 spiro atoms. The molecule has 0 unspecified atom stereocenters. The van der Waals surface area contributed by atoms with Gasteiger partial charge in [-0.2, -0.15) is 0 Å². The minimum atomic E-state index is 0. The van der Waals surface area contributed by atoms with Crippen molar-refractivity contribution >= 4 is 32.7 Å². The summed E-state index contributed by atoms with van der Waals surface area (Å²) in [7, 11) is 0.446. The second kappa shape index (κ2) is 16.1. The summed E-state index contributed by atoms with van der Waals surface area (Å²) < 4.78 is 1.65. The van der Waals surface area contributed by atoms with E-state index in [4.69, 9.17) is 0 Å². The molecule has 0 nitrogen and oxygen atoms in total. The van der Waals surface area contributed by atoms with E-state index in [1.807, 2.05) is 0 Å². The zero-order valence-corrected chi connectivity index (χ0v) is 14.7. The molecule has 97 valence electrons. The summed E-state index contributed by atoms with van der Waals surface area (Å²) in [5, 5.41) is 0. The first kappa shape index (κ1) is 22.3. The predicted octanol–water partition coefficient (Wildman–Crippen LogP) is 5.33. The van der Waals surface area contributed by atoms with Crippen LogP contribution in [-0.2, 0) is 16.3 Å². The van der Waals surface area contributed by atoms with Crippen LogP contribution in [0.15, 0.2) is 22.5 Å². The molecular formula is C12H25Cl2PV. The van der Waals surface area contributed by atoms with E-state index in [1.165, 1.54) is 24.9 Å². The van der Waals surface area contributed by atoms with E-state index in [2.05, 4.69) is 44.6 Å². The molecule has 0 atom stereocenters. The van der Waals surface area contributed by atoms with Gasteiger partial charge in [0.1, 0.15) is 0 Å². The van der Waals surface area contributed by atoms with E-state index in [1.54, 1.807) is 4.28 Å². The van der Waals surface area contributed by atoms with Gasteiger partial charge in [-0.05, 0) is 18.5 Å². The van der Waals surface area contributed by atoms with Crippen molar-refractivity contribution in [3.8, 4) is 0 Å². The summed E-state index contributed by atoms with van der Waals surface area (Å²) in [6.45, 7) is 6.87. The van der Waals surface area contributed by atoms with Crippen LogP contribution in [0.5, 0.6) is 0 Å². The van der Waals surface area contributed by atoms with Crippen molar-refractivity contribution in [3.63, 3.8) is 0 Å². The second-order valence-corrected chi connectivity index (χ2v) is 7.97. The van der Waals surface area contributed by atoms with Gasteiger partial charge in [0, 0.05) is 0 Å². The molecule has 1 aliphatic rings. The molecule has 0 saturated heterocycles. The Morgan fingerprint density at radius 3 is 1.75 bits per heavy atom. The number of hydrogen-bond acceptors (Lipinski definition) is 0. The molecule has 0 aromatic rings. The molecular weight excluding hydrogens is 297 g/mol. The maximum atomic E-state index is 2.29. The van der Waals surface area contributed by atoms with E-state index < -0.39 is 0 Å². The van der Waals surface area contributed by atoms with Crippen LogP contribution in [-0.4, -0.2) is 18.5 Å². The molecule has 0 aromatic carbocycles. The Hall–Kier alpha value is 1.07. The second-order valence-electron chi connectivity index (χ2n) is 3.13. The van der Waals surface area contributed by atoms with E-state index in [0.717, 1.165) is 0 Å². The topological polar surface area (TPSA) is 0 Å². The number of rotatable bonds is 4. The first-order valence-electron chi connectivity index (χ1n) is 5.46. The molecule has 16 heavy (non-hydrogen) atoms. The van der Waals surface area contributed by atoms with Crippen LogP contribution in [0.4, 0.5) is 0 Å². The Morgan fingerprint density at radius 1 is 1.12 bits per heavy atom. The normalized spacial score (nSPS) is 11.9. The van der Waals surface area contributed by atoms with Crippen molar-refractivity contribution in [2.45, 2.75) is 32.8 Å². The van der Waals surface area contributed by atoms with Gasteiger partial charge in [0.05, 0.1) is 0 Å². The molecule has 0 radical (unpaired) electrons. The van der Waals surface area contributed by atoms with Gasteiger partial charge in [0.2, 0.25) is 0 Å². The van der Waals surface area contributed by atoms with E-state index >= 15 is 0 Å². The molecule has 1 aliphatic carbocycles. The molecule has 0 bridgehead atoms. The summed E-state index contributed by atoms with van der Waals surface area (Å²) in [6.07, 6.45) is 12.1. The van der Waals surface area contributed by atoms with E-state index in [9.17, 15) is 0 Å². The molecule has 0 fully saturated rings. The van der Waals surface area contributed by atoms with Crippen LogP contribution in [0.25, 0.3) is 0 Å². The standard InChI is InChI=1S/C6H15P.C5H5.CH3.2ClH.V/c1-4-7(5-2)6-3;1-2-4-5-3-1;;;;/h4-6H2,1-3H3;1-3H,4H2;1H3;2*1H;. The molecule has 4 heteroatoms. The average Bonchev–Trinajstić information content (AvgIpc) is 2.74. The molecule has 0 aliphatic heterocycles. The molecule has 0 saturated carbocycles. The zero-order valence-electron chi connectivity index (χ0n) is 10.8. The van der Waals surface area contributed by atoms with Gasteiger partial charge in [-0.15, -0.1) is 32.7 Å². The quantitative estimate of drug-likeness (QED) is 0.614. The Balaban J connectivity index is -0.000000188. The SMILES string of the molecule is CCP(CC)CC.Cl.Cl.[CH3][V][C]1=CC=CC1. The van der Waals surface area contributed by atoms with Crippen molar-refractivity contribution < 1.29 is 16.3 Å². The third-order valence-corrected chi connectivity index (χ3v) is 6.48. The zero-order chi connectivity index (χ0) is 10.8. The van der Waals surface area contributed by atoms with Gasteiger partial charge >= 0.3 is 50.9 Å². The van der Waals surface area contributed by atoms with Gasteiger partial charge < -0.3 is 0 Å². The van der Waals surface area contributed by atoms with Crippen LogP contribution in [0.2, 0.25) is 5.64 Å². The van der Waals surface area contributed by atoms with Crippen LogP contribution in [0.3, 0.4) is 0 Å². The Bertz CT molecular complexity index is 184. The van der Waals surface area contributed by atoms with E-state index in [-0.39, 0.29) is 24.8 Å². The molecule has 0 heterocycles. The van der Waals surface area contributed by atoms with Crippen molar-refractivity contribution in [2.75, 3.05) is 18.5 Å². The average molecular weight is 322 g/mol. The third kappa shape index (κ3) is 11.6. The van der Waals surface area contributed by atoms with Gasteiger partial charge in [-0.3, -0.25) is 0 Å². The summed E-state index contributed by atoms with van der Waals surface area (Å²) in [4.78, 5) is 0. The van der Waals surface area contributed by atoms with Crippen molar-refractivity contribution in [1.29, 1.82) is 0 Å². The number of halogens is 2. The fourth-order valence-corrected chi connectivity index (χ4v) is 3.43. The fraction of sp³-hybridized carbons (Fsp3) is 0.667. The maximum absolute atomic E-state index is 2.29. The predicted molar refractivity (Wildman–Crippen MR) is 80.7 cm³/mol. The minimum absolute atomic E-state index is 0.